The lowest BCUT2D eigenvalue weighted by Gasteiger charge is -2.11. The van der Waals surface area contributed by atoms with Crippen molar-refractivity contribution in [3.63, 3.8) is 0 Å². The van der Waals surface area contributed by atoms with E-state index in [0.717, 1.165) is 19.5 Å². The van der Waals surface area contributed by atoms with Gasteiger partial charge >= 0.3 is 0 Å². The van der Waals surface area contributed by atoms with E-state index in [4.69, 9.17) is 4.74 Å². The maximum absolute atomic E-state index is 11.2. The molecule has 2 heterocycles. The van der Waals surface area contributed by atoms with Gasteiger partial charge in [0.1, 0.15) is 0 Å². The zero-order valence-corrected chi connectivity index (χ0v) is 7.25. The number of epoxide rings is 1. The van der Waals surface area contributed by atoms with Crippen molar-refractivity contribution in [1.29, 1.82) is 0 Å². The Kier molecular flexibility index (Phi) is 2.02. The van der Waals surface area contributed by atoms with Crippen molar-refractivity contribution in [1.82, 2.24) is 10.2 Å². The predicted molar refractivity (Wildman–Crippen MR) is 43.8 cm³/mol. The van der Waals surface area contributed by atoms with E-state index in [0.29, 0.717) is 12.6 Å². The smallest absolute Gasteiger partial charge is 0.251 e. The lowest BCUT2D eigenvalue weighted by Crippen LogP contribution is -2.38. The molecule has 1 N–H and O–H groups in total. The van der Waals surface area contributed by atoms with Crippen molar-refractivity contribution in [3.8, 4) is 0 Å². The number of hydrogen-bond acceptors (Lipinski definition) is 3. The Balaban J connectivity index is 1.75. The average Bonchev–Trinajstić information content (AvgIpc) is 2.78. The fraction of sp³-hybridized carbons (Fsp3) is 0.875. The summed E-state index contributed by atoms with van der Waals surface area (Å²) in [4.78, 5) is 13.4. The molecule has 2 saturated heterocycles. The molecule has 2 rings (SSSR count). The summed E-state index contributed by atoms with van der Waals surface area (Å²) in [5, 5.41) is 2.97. The van der Waals surface area contributed by atoms with Gasteiger partial charge in [0, 0.05) is 12.6 Å². The Bertz CT molecular complexity index is 191. The van der Waals surface area contributed by atoms with Gasteiger partial charge < -0.3 is 15.0 Å². The number of carbonyl (C=O) groups is 1. The topological polar surface area (TPSA) is 44.9 Å². The van der Waals surface area contributed by atoms with E-state index in [1.165, 1.54) is 0 Å². The second kappa shape index (κ2) is 3.03. The SMILES string of the molecule is CN1CCC(NC(=O)C2CO2)C1. The number of likely N-dealkylation sites (tertiary alicyclic amines) is 1. The Labute approximate surface area is 71.9 Å². The van der Waals surface area contributed by atoms with Crippen molar-refractivity contribution in [2.75, 3.05) is 26.7 Å². The molecule has 2 aliphatic heterocycles. The van der Waals surface area contributed by atoms with Gasteiger partial charge in [0.2, 0.25) is 0 Å². The summed E-state index contributed by atoms with van der Waals surface area (Å²) < 4.78 is 4.88. The van der Waals surface area contributed by atoms with E-state index < -0.39 is 0 Å². The van der Waals surface area contributed by atoms with E-state index in [1.807, 2.05) is 0 Å². The molecule has 4 nitrogen and oxygen atoms in total. The van der Waals surface area contributed by atoms with E-state index in [1.54, 1.807) is 0 Å². The minimum Gasteiger partial charge on any atom is -0.363 e. The molecule has 12 heavy (non-hydrogen) atoms. The van der Waals surface area contributed by atoms with E-state index in [9.17, 15) is 4.79 Å². The summed E-state index contributed by atoms with van der Waals surface area (Å²) >= 11 is 0. The molecule has 1 amide bonds. The maximum Gasteiger partial charge on any atom is 0.251 e. The third kappa shape index (κ3) is 1.76. The van der Waals surface area contributed by atoms with E-state index in [-0.39, 0.29) is 12.0 Å². The molecule has 0 aromatic carbocycles. The van der Waals surface area contributed by atoms with Crippen molar-refractivity contribution >= 4 is 5.91 Å². The minimum atomic E-state index is -0.143. The van der Waals surface area contributed by atoms with Gasteiger partial charge in [-0.3, -0.25) is 4.79 Å². The first-order valence-corrected chi connectivity index (χ1v) is 4.36. The van der Waals surface area contributed by atoms with Crippen LogP contribution in [0.15, 0.2) is 0 Å². The molecule has 0 radical (unpaired) electrons. The molecule has 0 bridgehead atoms. The second-order valence-electron chi connectivity index (χ2n) is 3.58. The van der Waals surface area contributed by atoms with Gasteiger partial charge in [0.25, 0.3) is 5.91 Å². The summed E-state index contributed by atoms with van der Waals surface area (Å²) in [6.07, 6.45) is 0.922. The quantitative estimate of drug-likeness (QED) is 0.552. The number of nitrogens with zero attached hydrogens (tertiary/aromatic N) is 1. The predicted octanol–water partition coefficient (Wildman–Crippen LogP) is -0.794. The minimum absolute atomic E-state index is 0.0651. The lowest BCUT2D eigenvalue weighted by molar-refractivity contribution is -0.122. The molecular formula is C8H14N2O2. The second-order valence-corrected chi connectivity index (χ2v) is 3.58. The summed E-state index contributed by atoms with van der Waals surface area (Å²) in [6, 6.07) is 0.340. The molecule has 0 spiro atoms. The van der Waals surface area contributed by atoms with Gasteiger partial charge in [-0.25, -0.2) is 0 Å². The van der Waals surface area contributed by atoms with Crippen molar-refractivity contribution in [2.45, 2.75) is 18.6 Å². The summed E-state index contributed by atoms with van der Waals surface area (Å²) in [7, 11) is 2.07. The third-order valence-electron chi connectivity index (χ3n) is 2.36. The molecule has 68 valence electrons. The van der Waals surface area contributed by atoms with Crippen molar-refractivity contribution in [2.24, 2.45) is 0 Å². The van der Waals surface area contributed by atoms with Crippen molar-refractivity contribution in [3.05, 3.63) is 0 Å². The first-order chi connectivity index (χ1) is 5.75. The first kappa shape index (κ1) is 8.01. The summed E-state index contributed by atoms with van der Waals surface area (Å²) in [6.45, 7) is 2.66. The largest absolute Gasteiger partial charge is 0.363 e. The number of amides is 1. The van der Waals surface area contributed by atoms with Crippen LogP contribution in [0, 0.1) is 0 Å². The molecule has 0 aromatic rings. The number of carbonyl (C=O) groups excluding carboxylic acids is 1. The normalized spacial score (nSPS) is 35.1. The first-order valence-electron chi connectivity index (χ1n) is 4.36. The highest BCUT2D eigenvalue weighted by molar-refractivity contribution is 5.83. The van der Waals surface area contributed by atoms with Crippen LogP contribution in [0.3, 0.4) is 0 Å². The van der Waals surface area contributed by atoms with Crippen LogP contribution in [-0.2, 0) is 9.53 Å². The fourth-order valence-electron chi connectivity index (χ4n) is 1.55. The highest BCUT2D eigenvalue weighted by Gasteiger charge is 2.33. The van der Waals surface area contributed by atoms with Crippen LogP contribution < -0.4 is 5.32 Å². The van der Waals surface area contributed by atoms with Crippen LogP contribution in [0.1, 0.15) is 6.42 Å². The third-order valence-corrected chi connectivity index (χ3v) is 2.36. The highest BCUT2D eigenvalue weighted by Crippen LogP contribution is 2.11. The van der Waals surface area contributed by atoms with Gasteiger partial charge in [0.15, 0.2) is 6.10 Å². The molecule has 2 fully saturated rings. The number of hydrogen-bond donors (Lipinski definition) is 1. The lowest BCUT2D eigenvalue weighted by atomic mass is 10.2. The Morgan fingerprint density at radius 2 is 2.42 bits per heavy atom. The molecule has 2 atom stereocenters. The molecular weight excluding hydrogens is 156 g/mol. The van der Waals surface area contributed by atoms with E-state index >= 15 is 0 Å². The monoisotopic (exact) mass is 170 g/mol. The number of ether oxygens (including phenoxy) is 1. The molecule has 0 aliphatic carbocycles. The zero-order chi connectivity index (χ0) is 8.55. The summed E-state index contributed by atoms with van der Waals surface area (Å²) in [5.41, 5.74) is 0. The number of rotatable bonds is 2. The van der Waals surface area contributed by atoms with Gasteiger partial charge in [0.05, 0.1) is 6.61 Å². The van der Waals surface area contributed by atoms with E-state index in [2.05, 4.69) is 17.3 Å². The Hall–Kier alpha value is -0.610. The van der Waals surface area contributed by atoms with Gasteiger partial charge in [-0.15, -0.1) is 0 Å². The molecule has 0 saturated carbocycles. The zero-order valence-electron chi connectivity index (χ0n) is 7.25. The standard InChI is InChI=1S/C8H14N2O2/c1-10-3-2-6(4-10)9-8(11)7-5-12-7/h6-7H,2-5H2,1H3,(H,9,11). The maximum atomic E-state index is 11.2. The van der Waals surface area contributed by atoms with Crippen LogP contribution in [0.2, 0.25) is 0 Å². The molecule has 0 aromatic heterocycles. The Morgan fingerprint density at radius 3 is 2.92 bits per heavy atom. The van der Waals surface area contributed by atoms with Crippen LogP contribution in [0.25, 0.3) is 0 Å². The Morgan fingerprint density at radius 1 is 1.67 bits per heavy atom. The van der Waals surface area contributed by atoms with Gasteiger partial charge in [-0.1, -0.05) is 0 Å². The summed E-state index contributed by atoms with van der Waals surface area (Å²) in [5.74, 6) is 0.0651. The number of likely N-dealkylation sites (N-methyl/N-ethyl adjacent to an activating group) is 1. The van der Waals surface area contributed by atoms with Crippen LogP contribution in [0.4, 0.5) is 0 Å². The van der Waals surface area contributed by atoms with Crippen LogP contribution in [0.5, 0.6) is 0 Å². The molecule has 4 heteroatoms. The van der Waals surface area contributed by atoms with Gasteiger partial charge in [-0.05, 0) is 20.0 Å². The number of nitrogens with one attached hydrogen (secondary N) is 1. The van der Waals surface area contributed by atoms with Crippen LogP contribution in [-0.4, -0.2) is 49.7 Å². The molecule has 2 aliphatic rings. The average molecular weight is 170 g/mol. The van der Waals surface area contributed by atoms with Crippen LogP contribution >= 0.6 is 0 Å². The highest BCUT2D eigenvalue weighted by atomic mass is 16.6. The fourth-order valence-corrected chi connectivity index (χ4v) is 1.55. The van der Waals surface area contributed by atoms with Gasteiger partial charge in [-0.2, -0.15) is 0 Å². The van der Waals surface area contributed by atoms with Crippen molar-refractivity contribution < 1.29 is 9.53 Å². The molecule has 2 unspecified atom stereocenters.